The summed E-state index contributed by atoms with van der Waals surface area (Å²) in [6.07, 6.45) is 1.32. The van der Waals surface area contributed by atoms with Crippen molar-refractivity contribution in [3.05, 3.63) is 57.9 Å². The maximum absolute atomic E-state index is 12.6. The van der Waals surface area contributed by atoms with Crippen molar-refractivity contribution < 1.29 is 19.1 Å². The number of ether oxygens (including phenoxy) is 1. The van der Waals surface area contributed by atoms with Gasteiger partial charge < -0.3 is 19.9 Å². The second-order valence-electron chi connectivity index (χ2n) is 9.41. The van der Waals surface area contributed by atoms with Gasteiger partial charge in [-0.3, -0.25) is 9.59 Å². The summed E-state index contributed by atoms with van der Waals surface area (Å²) in [5.74, 6) is -1.37. The number of aromatic nitrogens is 1. The molecule has 2 amide bonds. The number of anilines is 1. The molecule has 0 saturated carbocycles. The minimum absolute atomic E-state index is 0.202. The van der Waals surface area contributed by atoms with Crippen molar-refractivity contribution in [2.75, 3.05) is 11.9 Å². The first kappa shape index (κ1) is 28.4. The number of aryl methyl sites for hydroxylation is 3. The molecule has 8 nitrogen and oxygen atoms in total. The van der Waals surface area contributed by atoms with Crippen molar-refractivity contribution in [1.82, 2.24) is 9.88 Å². The number of carbonyl (C=O) groups excluding carboxylic acids is 3. The van der Waals surface area contributed by atoms with Gasteiger partial charge in [-0.15, -0.1) is 0 Å². The van der Waals surface area contributed by atoms with E-state index in [0.29, 0.717) is 11.6 Å². The fourth-order valence-corrected chi connectivity index (χ4v) is 3.78. The van der Waals surface area contributed by atoms with Crippen molar-refractivity contribution in [3.63, 3.8) is 0 Å². The number of benzene rings is 1. The van der Waals surface area contributed by atoms with Crippen LogP contribution in [0.5, 0.6) is 0 Å². The second kappa shape index (κ2) is 12.7. The van der Waals surface area contributed by atoms with Crippen LogP contribution in [0.15, 0.2) is 29.8 Å². The SMILES string of the molecule is Cc1cccc(C)c1NC(=O)CNC(=O)C(C)OC(=O)/C(C#N)=C/c1cc(C)n(CCC(C)C)c1C. The molecule has 36 heavy (non-hydrogen) atoms. The number of rotatable bonds is 10. The van der Waals surface area contributed by atoms with Crippen LogP contribution in [-0.4, -0.2) is 35.0 Å². The van der Waals surface area contributed by atoms with Crippen LogP contribution in [0.1, 0.15) is 55.3 Å². The summed E-state index contributed by atoms with van der Waals surface area (Å²) in [5, 5.41) is 14.8. The molecular formula is C28H36N4O4. The lowest BCUT2D eigenvalue weighted by atomic mass is 10.1. The molecule has 1 atom stereocenters. The van der Waals surface area contributed by atoms with Crippen molar-refractivity contribution >= 4 is 29.5 Å². The zero-order chi connectivity index (χ0) is 27.0. The highest BCUT2D eigenvalue weighted by Crippen LogP contribution is 2.21. The standard InChI is InChI=1S/C28H36N4O4/c1-17(2)11-12-32-20(5)13-23(21(32)6)14-24(15-29)28(35)36-22(7)27(34)30-16-25(33)31-26-18(3)9-8-10-19(26)4/h8-10,13-14,17,22H,11-12,16H2,1-7H3,(H,30,34)(H,31,33)/b24-14+. The number of hydrogen-bond acceptors (Lipinski definition) is 5. The van der Waals surface area contributed by atoms with E-state index in [-0.39, 0.29) is 12.1 Å². The summed E-state index contributed by atoms with van der Waals surface area (Å²) >= 11 is 0. The molecule has 2 N–H and O–H groups in total. The number of esters is 1. The highest BCUT2D eigenvalue weighted by Gasteiger charge is 2.22. The lowest BCUT2D eigenvalue weighted by Gasteiger charge is -2.14. The third-order valence-electron chi connectivity index (χ3n) is 6.00. The van der Waals surface area contributed by atoms with Gasteiger partial charge in [0.25, 0.3) is 5.91 Å². The van der Waals surface area contributed by atoms with Gasteiger partial charge in [-0.05, 0) is 75.8 Å². The van der Waals surface area contributed by atoms with Crippen LogP contribution < -0.4 is 10.6 Å². The first-order valence-electron chi connectivity index (χ1n) is 12.1. The normalized spacial score (nSPS) is 12.1. The van der Waals surface area contributed by atoms with Crippen molar-refractivity contribution in [2.45, 2.75) is 67.5 Å². The number of para-hydroxylation sites is 1. The van der Waals surface area contributed by atoms with E-state index in [4.69, 9.17) is 4.74 Å². The maximum atomic E-state index is 12.6. The van der Waals surface area contributed by atoms with Crippen LogP contribution in [0.2, 0.25) is 0 Å². The van der Waals surface area contributed by atoms with E-state index < -0.39 is 23.9 Å². The van der Waals surface area contributed by atoms with Crippen LogP contribution in [-0.2, 0) is 25.7 Å². The third kappa shape index (κ3) is 7.57. The van der Waals surface area contributed by atoms with E-state index in [1.165, 1.54) is 13.0 Å². The van der Waals surface area contributed by atoms with E-state index >= 15 is 0 Å². The molecule has 1 heterocycles. The molecule has 0 aliphatic carbocycles. The summed E-state index contributed by atoms with van der Waals surface area (Å²) in [6, 6.07) is 9.45. The molecule has 2 aromatic rings. The number of nitrogens with one attached hydrogen (secondary N) is 2. The average molecular weight is 493 g/mol. The molecule has 1 unspecified atom stereocenters. The highest BCUT2D eigenvalue weighted by molar-refractivity contribution is 6.00. The van der Waals surface area contributed by atoms with E-state index in [9.17, 15) is 19.6 Å². The third-order valence-corrected chi connectivity index (χ3v) is 6.00. The first-order chi connectivity index (χ1) is 16.9. The first-order valence-corrected chi connectivity index (χ1v) is 12.1. The van der Waals surface area contributed by atoms with Crippen LogP contribution in [0.4, 0.5) is 5.69 Å². The highest BCUT2D eigenvalue weighted by atomic mass is 16.5. The summed E-state index contributed by atoms with van der Waals surface area (Å²) in [7, 11) is 0. The van der Waals surface area contributed by atoms with Gasteiger partial charge >= 0.3 is 5.97 Å². The molecule has 0 fully saturated rings. The van der Waals surface area contributed by atoms with Gasteiger partial charge in [0.15, 0.2) is 6.10 Å². The van der Waals surface area contributed by atoms with Crippen LogP contribution >= 0.6 is 0 Å². The Kier molecular flexibility index (Phi) is 10.0. The fraction of sp³-hybridized carbons (Fsp3) is 0.429. The molecule has 0 aliphatic heterocycles. The molecule has 0 aliphatic rings. The molecule has 192 valence electrons. The molecule has 1 aromatic heterocycles. The number of nitrogens with zero attached hydrogens (tertiary/aromatic N) is 2. The zero-order valence-electron chi connectivity index (χ0n) is 22.2. The van der Waals surface area contributed by atoms with Gasteiger partial charge in [0, 0.05) is 23.6 Å². The van der Waals surface area contributed by atoms with Crippen LogP contribution in [0.3, 0.4) is 0 Å². The molecule has 0 spiro atoms. The topological polar surface area (TPSA) is 113 Å². The van der Waals surface area contributed by atoms with Crippen molar-refractivity contribution in [3.8, 4) is 6.07 Å². The van der Waals surface area contributed by atoms with Gasteiger partial charge in [-0.2, -0.15) is 5.26 Å². The number of amides is 2. The average Bonchev–Trinajstić information content (AvgIpc) is 3.08. The fourth-order valence-electron chi connectivity index (χ4n) is 3.78. The van der Waals surface area contributed by atoms with Crippen molar-refractivity contribution in [1.29, 1.82) is 5.26 Å². The predicted molar refractivity (Wildman–Crippen MR) is 140 cm³/mol. The minimum atomic E-state index is -1.18. The van der Waals surface area contributed by atoms with E-state index in [1.54, 1.807) is 0 Å². The maximum Gasteiger partial charge on any atom is 0.349 e. The lowest BCUT2D eigenvalue weighted by molar-refractivity contribution is -0.150. The predicted octanol–water partition coefficient (Wildman–Crippen LogP) is 4.36. The smallest absolute Gasteiger partial charge is 0.349 e. The summed E-state index contributed by atoms with van der Waals surface area (Å²) in [6.45, 7) is 14.0. The van der Waals surface area contributed by atoms with Gasteiger partial charge in [-0.25, -0.2) is 4.79 Å². The van der Waals surface area contributed by atoms with Gasteiger partial charge in [0.2, 0.25) is 5.91 Å². The van der Waals surface area contributed by atoms with Crippen LogP contribution in [0, 0.1) is 44.9 Å². The number of nitriles is 1. The van der Waals surface area contributed by atoms with Gasteiger partial charge in [0.1, 0.15) is 11.6 Å². The molecule has 2 rings (SSSR count). The Balaban J connectivity index is 1.98. The van der Waals surface area contributed by atoms with E-state index in [0.717, 1.165) is 41.0 Å². The number of carbonyl (C=O) groups is 3. The molecule has 0 bridgehead atoms. The monoisotopic (exact) mass is 492 g/mol. The Morgan fingerprint density at radius 3 is 2.33 bits per heavy atom. The Morgan fingerprint density at radius 2 is 1.75 bits per heavy atom. The van der Waals surface area contributed by atoms with Gasteiger partial charge in [0.05, 0.1) is 6.54 Å². The molecule has 1 aromatic carbocycles. The quantitative estimate of drug-likeness (QED) is 0.291. The summed E-state index contributed by atoms with van der Waals surface area (Å²) < 4.78 is 7.36. The minimum Gasteiger partial charge on any atom is -0.448 e. The Morgan fingerprint density at radius 1 is 1.11 bits per heavy atom. The van der Waals surface area contributed by atoms with Crippen molar-refractivity contribution in [2.24, 2.45) is 5.92 Å². The number of hydrogen-bond donors (Lipinski definition) is 2. The molecule has 8 heteroatoms. The molecule has 0 saturated heterocycles. The van der Waals surface area contributed by atoms with Gasteiger partial charge in [-0.1, -0.05) is 32.0 Å². The summed E-state index contributed by atoms with van der Waals surface area (Å²) in [5.41, 5.74) is 5.06. The Hall–Kier alpha value is -3.86. The zero-order valence-corrected chi connectivity index (χ0v) is 22.2. The van der Waals surface area contributed by atoms with E-state index in [1.807, 2.05) is 58.0 Å². The molecular weight excluding hydrogens is 456 g/mol. The lowest BCUT2D eigenvalue weighted by Crippen LogP contribution is -2.40. The Bertz CT molecular complexity index is 1180. The summed E-state index contributed by atoms with van der Waals surface area (Å²) in [4.78, 5) is 37.3. The van der Waals surface area contributed by atoms with Crippen LogP contribution in [0.25, 0.3) is 6.08 Å². The van der Waals surface area contributed by atoms with E-state index in [2.05, 4.69) is 29.0 Å². The Labute approximate surface area is 213 Å². The second-order valence-corrected chi connectivity index (χ2v) is 9.41. The largest absolute Gasteiger partial charge is 0.448 e. The molecule has 0 radical (unpaired) electrons.